The van der Waals surface area contributed by atoms with E-state index in [4.69, 9.17) is 4.74 Å². The molecule has 0 aliphatic carbocycles. The smallest absolute Gasteiger partial charge is 0.245 e. The Bertz CT molecular complexity index is 605. The number of amides is 2. The first-order valence-corrected chi connectivity index (χ1v) is 7.91. The van der Waals surface area contributed by atoms with E-state index in [9.17, 15) is 9.59 Å². The van der Waals surface area contributed by atoms with Crippen LogP contribution >= 0.6 is 0 Å². The fraction of sp³-hybridized carbons (Fsp3) is 0.562. The van der Waals surface area contributed by atoms with E-state index in [1.165, 1.54) is 0 Å². The number of rotatable bonds is 4. The van der Waals surface area contributed by atoms with Gasteiger partial charge in [0.05, 0.1) is 6.54 Å². The summed E-state index contributed by atoms with van der Waals surface area (Å²) in [4.78, 5) is 31.7. The van der Waals surface area contributed by atoms with Gasteiger partial charge in [0.1, 0.15) is 12.1 Å². The van der Waals surface area contributed by atoms with Crippen LogP contribution in [-0.2, 0) is 9.59 Å². The molecule has 0 aromatic carbocycles. The van der Waals surface area contributed by atoms with E-state index in [0.29, 0.717) is 25.9 Å². The minimum atomic E-state index is -0.364. The number of pyridine rings is 1. The van der Waals surface area contributed by atoms with Crippen molar-refractivity contribution in [3.63, 3.8) is 0 Å². The van der Waals surface area contributed by atoms with E-state index in [2.05, 4.69) is 10.3 Å². The van der Waals surface area contributed by atoms with Gasteiger partial charge in [-0.05, 0) is 18.6 Å². The summed E-state index contributed by atoms with van der Waals surface area (Å²) in [5.74, 6) is 1.47. The molecule has 0 bridgehead atoms. The summed E-state index contributed by atoms with van der Waals surface area (Å²) in [6.45, 7) is 1.21. The molecule has 1 N–H and O–H groups in total. The Labute approximate surface area is 135 Å². The number of hydrogen-bond acceptors (Lipinski definition) is 5. The molecule has 2 atom stereocenters. The quantitative estimate of drug-likeness (QED) is 0.870. The summed E-state index contributed by atoms with van der Waals surface area (Å²) in [6.07, 6.45) is 3.50. The largest absolute Gasteiger partial charge is 0.485 e. The van der Waals surface area contributed by atoms with Gasteiger partial charge in [0, 0.05) is 39.7 Å². The maximum Gasteiger partial charge on any atom is 0.245 e. The molecular weight excluding hydrogens is 296 g/mol. The van der Waals surface area contributed by atoms with Crippen LogP contribution in [0.25, 0.3) is 0 Å². The van der Waals surface area contributed by atoms with E-state index >= 15 is 0 Å². The van der Waals surface area contributed by atoms with Crippen LogP contribution in [-0.4, -0.2) is 61.0 Å². The molecule has 2 aliphatic heterocycles. The highest BCUT2D eigenvalue weighted by Gasteiger charge is 2.35. The number of hydrogen-bond donors (Lipinski definition) is 1. The summed E-state index contributed by atoms with van der Waals surface area (Å²) in [6, 6.07) is 3.37. The molecule has 0 spiro atoms. The number of aromatic nitrogens is 1. The number of nitrogens with one attached hydrogen (secondary N) is 1. The van der Waals surface area contributed by atoms with Crippen LogP contribution < -0.4 is 15.0 Å². The van der Waals surface area contributed by atoms with Crippen LogP contribution in [0.4, 0.5) is 5.82 Å². The van der Waals surface area contributed by atoms with Crippen molar-refractivity contribution in [1.29, 1.82) is 0 Å². The van der Waals surface area contributed by atoms with Crippen molar-refractivity contribution in [3.8, 4) is 5.75 Å². The maximum absolute atomic E-state index is 12.4. The Kier molecular flexibility index (Phi) is 4.36. The van der Waals surface area contributed by atoms with Gasteiger partial charge in [0.2, 0.25) is 11.8 Å². The van der Waals surface area contributed by atoms with Gasteiger partial charge >= 0.3 is 0 Å². The number of nitrogens with zero attached hydrogens (tertiary/aromatic N) is 3. The molecule has 2 saturated heterocycles. The first kappa shape index (κ1) is 15.6. The van der Waals surface area contributed by atoms with Crippen LogP contribution in [0.5, 0.6) is 5.75 Å². The van der Waals surface area contributed by atoms with E-state index in [1.54, 1.807) is 11.1 Å². The molecule has 2 aliphatic rings. The number of ether oxygens (including phenoxy) is 1. The molecule has 1 aromatic heterocycles. The van der Waals surface area contributed by atoms with Gasteiger partial charge in [0.15, 0.2) is 11.6 Å². The maximum atomic E-state index is 12.4. The summed E-state index contributed by atoms with van der Waals surface area (Å²) in [7, 11) is 3.84. The average molecular weight is 318 g/mol. The molecule has 3 heterocycles. The predicted molar refractivity (Wildman–Crippen MR) is 85.3 cm³/mol. The molecule has 124 valence electrons. The molecule has 7 nitrogen and oxygen atoms in total. The number of carbonyl (C=O) groups excluding carboxylic acids is 2. The molecule has 23 heavy (non-hydrogen) atoms. The fourth-order valence-electron chi connectivity index (χ4n) is 3.03. The van der Waals surface area contributed by atoms with Crippen molar-refractivity contribution in [2.24, 2.45) is 0 Å². The van der Waals surface area contributed by atoms with Crippen molar-refractivity contribution in [2.75, 3.05) is 32.1 Å². The highest BCUT2D eigenvalue weighted by molar-refractivity contribution is 5.90. The lowest BCUT2D eigenvalue weighted by atomic mass is 10.2. The number of carbonyl (C=O) groups is 2. The highest BCUT2D eigenvalue weighted by Crippen LogP contribution is 2.27. The summed E-state index contributed by atoms with van der Waals surface area (Å²) in [5, 5.41) is 2.73. The molecule has 1 aromatic rings. The first-order chi connectivity index (χ1) is 11.0. The van der Waals surface area contributed by atoms with Crippen molar-refractivity contribution < 1.29 is 14.3 Å². The average Bonchev–Trinajstić information content (AvgIpc) is 3.16. The van der Waals surface area contributed by atoms with Crippen molar-refractivity contribution >= 4 is 17.6 Å². The first-order valence-electron chi connectivity index (χ1n) is 7.91. The summed E-state index contributed by atoms with van der Waals surface area (Å²) < 4.78 is 6.05. The highest BCUT2D eigenvalue weighted by atomic mass is 16.5. The van der Waals surface area contributed by atoms with Gasteiger partial charge in [-0.15, -0.1) is 0 Å². The molecular formula is C16H22N4O3. The Hall–Kier alpha value is -2.31. The second-order valence-corrected chi connectivity index (χ2v) is 6.19. The lowest BCUT2D eigenvalue weighted by molar-refractivity contribution is -0.133. The van der Waals surface area contributed by atoms with Gasteiger partial charge in [-0.25, -0.2) is 4.98 Å². The zero-order chi connectivity index (χ0) is 16.4. The van der Waals surface area contributed by atoms with Crippen molar-refractivity contribution in [2.45, 2.75) is 31.4 Å². The summed E-state index contributed by atoms with van der Waals surface area (Å²) in [5.41, 5.74) is 0. The number of likely N-dealkylation sites (tertiary alicyclic amines) is 1. The minimum Gasteiger partial charge on any atom is -0.485 e. The zero-order valence-electron chi connectivity index (χ0n) is 13.5. The van der Waals surface area contributed by atoms with Crippen LogP contribution in [0.2, 0.25) is 0 Å². The Morgan fingerprint density at radius 2 is 2.26 bits per heavy atom. The van der Waals surface area contributed by atoms with Crippen LogP contribution in [0.3, 0.4) is 0 Å². The standard InChI is InChI=1S/C16H22N4O3/c1-19(2)15-13(4-3-8-17-15)23-11-7-9-20(10-11)16(22)12-5-6-14(21)18-12/h3-4,8,11-12H,5-7,9-10H2,1-2H3,(H,18,21). The molecule has 2 unspecified atom stereocenters. The Morgan fingerprint density at radius 1 is 1.43 bits per heavy atom. The monoisotopic (exact) mass is 318 g/mol. The third kappa shape index (κ3) is 3.38. The van der Waals surface area contributed by atoms with Gasteiger partial charge in [-0.3, -0.25) is 9.59 Å². The molecule has 0 radical (unpaired) electrons. The van der Waals surface area contributed by atoms with Crippen molar-refractivity contribution in [3.05, 3.63) is 18.3 Å². The van der Waals surface area contributed by atoms with Crippen LogP contribution in [0.1, 0.15) is 19.3 Å². The molecule has 2 amide bonds. The van der Waals surface area contributed by atoms with Gasteiger partial charge in [-0.2, -0.15) is 0 Å². The second-order valence-electron chi connectivity index (χ2n) is 6.19. The van der Waals surface area contributed by atoms with Gasteiger partial charge in [0.25, 0.3) is 0 Å². The molecule has 0 saturated carbocycles. The zero-order valence-corrected chi connectivity index (χ0v) is 13.5. The predicted octanol–water partition coefficient (Wildman–Crippen LogP) is 0.406. The van der Waals surface area contributed by atoms with Crippen LogP contribution in [0, 0.1) is 0 Å². The Morgan fingerprint density at radius 3 is 2.96 bits per heavy atom. The van der Waals surface area contributed by atoms with E-state index in [1.807, 2.05) is 31.1 Å². The molecule has 7 heteroatoms. The van der Waals surface area contributed by atoms with E-state index < -0.39 is 0 Å². The normalized spacial score (nSPS) is 23.7. The third-order valence-corrected chi connectivity index (χ3v) is 4.22. The summed E-state index contributed by atoms with van der Waals surface area (Å²) >= 11 is 0. The number of anilines is 1. The van der Waals surface area contributed by atoms with Gasteiger partial charge < -0.3 is 19.9 Å². The van der Waals surface area contributed by atoms with Crippen LogP contribution in [0.15, 0.2) is 18.3 Å². The topological polar surface area (TPSA) is 74.8 Å². The Balaban J connectivity index is 1.60. The lowest BCUT2D eigenvalue weighted by Crippen LogP contribution is -2.44. The fourth-order valence-corrected chi connectivity index (χ4v) is 3.03. The molecule has 3 rings (SSSR count). The molecule has 2 fully saturated rings. The lowest BCUT2D eigenvalue weighted by Gasteiger charge is -2.22. The second kappa shape index (κ2) is 6.44. The minimum absolute atomic E-state index is 0.000898. The van der Waals surface area contributed by atoms with E-state index in [-0.39, 0.29) is 24.0 Å². The van der Waals surface area contributed by atoms with E-state index in [0.717, 1.165) is 18.0 Å². The van der Waals surface area contributed by atoms with Gasteiger partial charge in [-0.1, -0.05) is 0 Å². The third-order valence-electron chi connectivity index (χ3n) is 4.22. The SMILES string of the molecule is CN(C)c1ncccc1OC1CCN(C(=O)C2CCC(=O)N2)C1. The van der Waals surface area contributed by atoms with Crippen molar-refractivity contribution in [1.82, 2.24) is 15.2 Å².